The summed E-state index contributed by atoms with van der Waals surface area (Å²) in [5.41, 5.74) is 0.959. The number of nitro groups is 1. The first-order valence-corrected chi connectivity index (χ1v) is 3.95. The molecule has 1 aromatic carbocycles. The molecular formula is C9H9NO4. The molecule has 5 nitrogen and oxygen atoms in total. The Labute approximate surface area is 80.1 Å². The number of hydrogen-bond acceptors (Lipinski definition) is 4. The molecular weight excluding hydrogens is 186 g/mol. The second kappa shape index (κ2) is 3.97. The molecule has 1 aromatic rings. The van der Waals surface area contributed by atoms with Gasteiger partial charge in [0, 0.05) is 5.56 Å². The van der Waals surface area contributed by atoms with Crippen LogP contribution in [0.1, 0.15) is 15.9 Å². The highest BCUT2D eigenvalue weighted by Crippen LogP contribution is 2.07. The number of nitrogens with zero attached hydrogens (tertiary/aromatic N) is 1. The number of aliphatic hydroxyl groups excluding tert-OH is 1. The van der Waals surface area contributed by atoms with E-state index < -0.39 is 16.9 Å². The fraction of sp³-hybridized carbons (Fsp3) is 0.222. The summed E-state index contributed by atoms with van der Waals surface area (Å²) in [6.07, 6.45) is -2.17. The Morgan fingerprint density at radius 2 is 2.21 bits per heavy atom. The van der Waals surface area contributed by atoms with Crippen molar-refractivity contribution in [2.45, 2.75) is 13.2 Å². The number of ketones is 1. The number of carbonyl (C=O) groups excluding carboxylic acids is 1. The fourth-order valence-corrected chi connectivity index (χ4v) is 1.04. The molecule has 1 unspecified atom stereocenters. The topological polar surface area (TPSA) is 80.4 Å². The summed E-state index contributed by atoms with van der Waals surface area (Å²) < 4.78 is 0. The number of carbonyl (C=O) groups is 1. The molecule has 1 atom stereocenters. The van der Waals surface area contributed by atoms with Crippen LogP contribution in [-0.2, 0) is 0 Å². The first-order valence-electron chi connectivity index (χ1n) is 3.95. The maximum Gasteiger partial charge on any atom is 0.377 e. The maximum absolute atomic E-state index is 11.2. The zero-order chi connectivity index (χ0) is 10.7. The van der Waals surface area contributed by atoms with E-state index >= 15 is 0 Å². The largest absolute Gasteiger partial charge is 0.377 e. The van der Waals surface area contributed by atoms with E-state index in [9.17, 15) is 14.9 Å². The van der Waals surface area contributed by atoms with E-state index in [1.54, 1.807) is 19.1 Å². The summed E-state index contributed by atoms with van der Waals surface area (Å²) in [7, 11) is 0. The van der Waals surface area contributed by atoms with Crippen LogP contribution in [0.5, 0.6) is 0 Å². The molecule has 74 valence electrons. The van der Waals surface area contributed by atoms with E-state index in [1.165, 1.54) is 12.1 Å². The standard InChI is InChI=1S/C9H9NO4/c1-6-3-2-4-7(5-6)8(11)9(12)10(13)14/h2-5,9,12H,1H3. The lowest BCUT2D eigenvalue weighted by atomic mass is 10.1. The average Bonchev–Trinajstić information content (AvgIpc) is 2.15. The van der Waals surface area contributed by atoms with Crippen molar-refractivity contribution in [3.8, 4) is 0 Å². The number of aryl methyl sites for hydroxylation is 1. The minimum absolute atomic E-state index is 0.147. The highest BCUT2D eigenvalue weighted by Gasteiger charge is 2.27. The molecule has 0 saturated carbocycles. The predicted octanol–water partition coefficient (Wildman–Crippen LogP) is 0.773. The Kier molecular flexibility index (Phi) is 2.93. The Morgan fingerprint density at radius 1 is 1.57 bits per heavy atom. The van der Waals surface area contributed by atoms with Crippen LogP contribution < -0.4 is 0 Å². The van der Waals surface area contributed by atoms with Gasteiger partial charge in [-0.25, -0.2) is 0 Å². The Morgan fingerprint density at radius 3 is 2.71 bits per heavy atom. The Balaban J connectivity index is 2.95. The van der Waals surface area contributed by atoms with E-state index in [1.807, 2.05) is 0 Å². The minimum atomic E-state index is -2.17. The van der Waals surface area contributed by atoms with Gasteiger partial charge in [0.1, 0.15) is 0 Å². The molecule has 0 aromatic heterocycles. The SMILES string of the molecule is Cc1cccc(C(=O)C(O)[N+](=O)[O-])c1. The van der Waals surface area contributed by atoms with Crippen LogP contribution in [0.15, 0.2) is 24.3 Å². The van der Waals surface area contributed by atoms with Gasteiger partial charge < -0.3 is 5.11 Å². The van der Waals surface area contributed by atoms with Gasteiger partial charge in [-0.3, -0.25) is 14.9 Å². The van der Waals surface area contributed by atoms with Crippen LogP contribution in [0.3, 0.4) is 0 Å². The predicted molar refractivity (Wildman–Crippen MR) is 48.5 cm³/mol. The molecule has 0 amide bonds. The highest BCUT2D eigenvalue weighted by atomic mass is 16.7. The quantitative estimate of drug-likeness (QED) is 0.334. The number of Topliss-reactive ketones (excluding diaryl/α,β-unsaturated/α-hetero) is 1. The van der Waals surface area contributed by atoms with Gasteiger partial charge in [0.25, 0.3) is 5.78 Å². The maximum atomic E-state index is 11.2. The number of rotatable bonds is 3. The smallest absolute Gasteiger partial charge is 0.327 e. The van der Waals surface area contributed by atoms with Gasteiger partial charge in [-0.2, -0.15) is 0 Å². The lowest BCUT2D eigenvalue weighted by molar-refractivity contribution is -0.550. The molecule has 0 heterocycles. The normalized spacial score (nSPS) is 12.1. The Bertz CT molecular complexity index is 375. The summed E-state index contributed by atoms with van der Waals surface area (Å²) >= 11 is 0. The molecule has 1 rings (SSSR count). The minimum Gasteiger partial charge on any atom is -0.327 e. The summed E-state index contributed by atoms with van der Waals surface area (Å²) in [6.45, 7) is 1.76. The monoisotopic (exact) mass is 195 g/mol. The van der Waals surface area contributed by atoms with E-state index in [0.29, 0.717) is 0 Å². The summed E-state index contributed by atoms with van der Waals surface area (Å²) in [5, 5.41) is 19.0. The summed E-state index contributed by atoms with van der Waals surface area (Å²) in [4.78, 5) is 20.4. The third kappa shape index (κ3) is 2.14. The molecule has 0 aliphatic carbocycles. The van der Waals surface area contributed by atoms with Crippen molar-refractivity contribution in [2.24, 2.45) is 0 Å². The number of aliphatic hydroxyl groups is 1. The van der Waals surface area contributed by atoms with Gasteiger partial charge in [0.05, 0.1) is 4.92 Å². The molecule has 1 N–H and O–H groups in total. The lowest BCUT2D eigenvalue weighted by Gasteiger charge is -2.02. The van der Waals surface area contributed by atoms with Gasteiger partial charge in [-0.1, -0.05) is 23.8 Å². The molecule has 0 spiro atoms. The highest BCUT2D eigenvalue weighted by molar-refractivity contribution is 5.98. The number of benzene rings is 1. The van der Waals surface area contributed by atoms with Crippen LogP contribution in [0.2, 0.25) is 0 Å². The van der Waals surface area contributed by atoms with E-state index in [2.05, 4.69) is 0 Å². The van der Waals surface area contributed by atoms with Crippen molar-refractivity contribution >= 4 is 5.78 Å². The van der Waals surface area contributed by atoms with Crippen LogP contribution in [0.4, 0.5) is 0 Å². The van der Waals surface area contributed by atoms with Gasteiger partial charge in [0.2, 0.25) is 0 Å². The van der Waals surface area contributed by atoms with Gasteiger partial charge in [0.15, 0.2) is 0 Å². The molecule has 0 radical (unpaired) electrons. The second-order valence-corrected chi connectivity index (χ2v) is 2.89. The van der Waals surface area contributed by atoms with Crippen molar-refractivity contribution in [3.63, 3.8) is 0 Å². The summed E-state index contributed by atoms with van der Waals surface area (Å²) in [5.74, 6) is -0.890. The van der Waals surface area contributed by atoms with E-state index in [4.69, 9.17) is 5.11 Å². The number of hydrogen-bond donors (Lipinski definition) is 1. The molecule has 0 bridgehead atoms. The average molecular weight is 195 g/mol. The molecule has 0 saturated heterocycles. The molecule has 0 aliphatic rings. The molecule has 0 aliphatic heterocycles. The van der Waals surface area contributed by atoms with Crippen LogP contribution in [-0.4, -0.2) is 22.0 Å². The van der Waals surface area contributed by atoms with E-state index in [-0.39, 0.29) is 5.56 Å². The van der Waals surface area contributed by atoms with Gasteiger partial charge >= 0.3 is 6.23 Å². The molecule has 5 heteroatoms. The van der Waals surface area contributed by atoms with Crippen LogP contribution >= 0.6 is 0 Å². The van der Waals surface area contributed by atoms with Crippen molar-refractivity contribution in [1.82, 2.24) is 0 Å². The molecule has 14 heavy (non-hydrogen) atoms. The third-order valence-corrected chi connectivity index (χ3v) is 1.74. The summed E-state index contributed by atoms with van der Waals surface area (Å²) in [6, 6.07) is 6.29. The van der Waals surface area contributed by atoms with E-state index in [0.717, 1.165) is 5.56 Å². The van der Waals surface area contributed by atoms with Crippen molar-refractivity contribution in [1.29, 1.82) is 0 Å². The van der Waals surface area contributed by atoms with Gasteiger partial charge in [-0.15, -0.1) is 0 Å². The third-order valence-electron chi connectivity index (χ3n) is 1.74. The van der Waals surface area contributed by atoms with Crippen LogP contribution in [0, 0.1) is 17.0 Å². The van der Waals surface area contributed by atoms with Crippen molar-refractivity contribution in [3.05, 3.63) is 45.5 Å². The molecule has 0 fully saturated rings. The second-order valence-electron chi connectivity index (χ2n) is 2.89. The van der Waals surface area contributed by atoms with Crippen LogP contribution in [0.25, 0.3) is 0 Å². The zero-order valence-corrected chi connectivity index (χ0v) is 7.51. The van der Waals surface area contributed by atoms with Crippen molar-refractivity contribution < 1.29 is 14.8 Å². The first kappa shape index (κ1) is 10.3. The Hall–Kier alpha value is -1.75. The van der Waals surface area contributed by atoms with Gasteiger partial charge in [-0.05, 0) is 13.0 Å². The lowest BCUT2D eigenvalue weighted by Crippen LogP contribution is -2.28. The zero-order valence-electron chi connectivity index (χ0n) is 7.51. The first-order chi connectivity index (χ1) is 6.52. The fourth-order valence-electron chi connectivity index (χ4n) is 1.04. The van der Waals surface area contributed by atoms with Crippen molar-refractivity contribution in [2.75, 3.05) is 0 Å².